The fraction of sp³-hybridized carbons (Fsp3) is 0.500. The molecule has 2 rings (SSSR count). The number of rotatable bonds is 3. The van der Waals surface area contributed by atoms with Crippen LogP contribution in [0, 0.1) is 0 Å². The largest absolute Gasteiger partial charge is 0.393 e. The molecule has 0 saturated heterocycles. The number of halogens is 1. The molecule has 1 saturated carbocycles. The Kier molecular flexibility index (Phi) is 4.57. The summed E-state index contributed by atoms with van der Waals surface area (Å²) in [6.07, 6.45) is 2.69. The zero-order valence-electron chi connectivity index (χ0n) is 10.4. The van der Waals surface area contributed by atoms with Crippen molar-refractivity contribution < 1.29 is 9.90 Å². The van der Waals surface area contributed by atoms with E-state index in [1.807, 2.05) is 0 Å². The third-order valence-corrected chi connectivity index (χ3v) is 3.55. The number of hydrazine groups is 1. The Balaban J connectivity index is 2.03. The smallest absolute Gasteiger partial charge is 0.271 e. The molecule has 1 aromatic heterocycles. The van der Waals surface area contributed by atoms with Crippen LogP contribution in [0.2, 0.25) is 5.02 Å². The Bertz CT molecular complexity index is 461. The lowest BCUT2D eigenvalue weighted by Gasteiger charge is -2.26. The van der Waals surface area contributed by atoms with E-state index >= 15 is 0 Å². The van der Waals surface area contributed by atoms with Gasteiger partial charge in [0.1, 0.15) is 11.5 Å². The van der Waals surface area contributed by atoms with Crippen molar-refractivity contribution in [2.75, 3.05) is 5.43 Å². The van der Waals surface area contributed by atoms with Gasteiger partial charge in [-0.25, -0.2) is 10.8 Å². The molecule has 1 aliphatic rings. The maximum atomic E-state index is 12.1. The van der Waals surface area contributed by atoms with E-state index < -0.39 is 0 Å². The number of aliphatic hydroxyl groups excluding tert-OH is 1. The van der Waals surface area contributed by atoms with Gasteiger partial charge in [-0.05, 0) is 37.8 Å². The van der Waals surface area contributed by atoms with E-state index in [2.05, 4.69) is 15.7 Å². The topological polar surface area (TPSA) is 100 Å². The molecule has 1 fully saturated rings. The first-order valence-electron chi connectivity index (χ1n) is 6.22. The third kappa shape index (κ3) is 3.56. The lowest BCUT2D eigenvalue weighted by Crippen LogP contribution is -2.39. The highest BCUT2D eigenvalue weighted by atomic mass is 35.5. The van der Waals surface area contributed by atoms with Gasteiger partial charge in [0.2, 0.25) is 0 Å². The average molecular weight is 285 g/mol. The summed E-state index contributed by atoms with van der Waals surface area (Å²) >= 11 is 5.96. The van der Waals surface area contributed by atoms with Gasteiger partial charge in [-0.2, -0.15) is 0 Å². The maximum Gasteiger partial charge on any atom is 0.271 e. The predicted octanol–water partition coefficient (Wildman–Crippen LogP) is 1.05. The van der Waals surface area contributed by atoms with Gasteiger partial charge in [-0.15, -0.1) is 0 Å². The van der Waals surface area contributed by atoms with Crippen molar-refractivity contribution in [2.45, 2.75) is 37.8 Å². The van der Waals surface area contributed by atoms with E-state index in [0.29, 0.717) is 18.7 Å². The highest BCUT2D eigenvalue weighted by Gasteiger charge is 2.22. The molecule has 1 aliphatic carbocycles. The standard InChI is InChI=1S/C12H17ClN4O2/c13-9-5-6-10(17-14)16-11(9)12(19)15-7-1-3-8(18)4-2-7/h5-8,18H,1-4,14H2,(H,15,19)(H,16,17). The first-order chi connectivity index (χ1) is 9.10. The second kappa shape index (κ2) is 6.18. The number of pyridine rings is 1. The van der Waals surface area contributed by atoms with Crippen molar-refractivity contribution in [1.29, 1.82) is 0 Å². The summed E-state index contributed by atoms with van der Waals surface area (Å²) in [5, 5.41) is 12.6. The van der Waals surface area contributed by atoms with Crippen LogP contribution in [-0.4, -0.2) is 28.1 Å². The summed E-state index contributed by atoms with van der Waals surface area (Å²) in [6, 6.07) is 3.22. The number of nitrogens with zero attached hydrogens (tertiary/aromatic N) is 1. The number of nitrogens with one attached hydrogen (secondary N) is 2. The van der Waals surface area contributed by atoms with Gasteiger partial charge in [-0.1, -0.05) is 11.6 Å². The van der Waals surface area contributed by atoms with Crippen LogP contribution in [0.25, 0.3) is 0 Å². The summed E-state index contributed by atoms with van der Waals surface area (Å²) < 4.78 is 0. The van der Waals surface area contributed by atoms with Crippen LogP contribution >= 0.6 is 11.6 Å². The monoisotopic (exact) mass is 284 g/mol. The number of nitrogens with two attached hydrogens (primary N) is 1. The molecule has 0 aliphatic heterocycles. The van der Waals surface area contributed by atoms with Crippen LogP contribution in [0.15, 0.2) is 12.1 Å². The second-order valence-electron chi connectivity index (χ2n) is 4.65. The molecule has 0 bridgehead atoms. The van der Waals surface area contributed by atoms with Gasteiger partial charge in [-0.3, -0.25) is 4.79 Å². The minimum atomic E-state index is -0.316. The Morgan fingerprint density at radius 2 is 2.05 bits per heavy atom. The van der Waals surface area contributed by atoms with Crippen LogP contribution in [0.3, 0.4) is 0 Å². The van der Waals surface area contributed by atoms with Gasteiger partial charge < -0.3 is 15.8 Å². The summed E-state index contributed by atoms with van der Waals surface area (Å²) in [4.78, 5) is 16.1. The number of aliphatic hydroxyl groups is 1. The fourth-order valence-electron chi connectivity index (χ4n) is 2.16. The molecule has 19 heavy (non-hydrogen) atoms. The van der Waals surface area contributed by atoms with Gasteiger partial charge >= 0.3 is 0 Å². The van der Waals surface area contributed by atoms with E-state index in [0.717, 1.165) is 12.8 Å². The van der Waals surface area contributed by atoms with Crippen molar-refractivity contribution in [1.82, 2.24) is 10.3 Å². The number of anilines is 1. The molecule has 7 heteroatoms. The van der Waals surface area contributed by atoms with Crippen molar-refractivity contribution in [3.05, 3.63) is 22.8 Å². The quantitative estimate of drug-likeness (QED) is 0.491. The van der Waals surface area contributed by atoms with E-state index in [4.69, 9.17) is 17.4 Å². The molecule has 0 radical (unpaired) electrons. The summed E-state index contributed by atoms with van der Waals surface area (Å²) in [5.41, 5.74) is 2.53. The highest BCUT2D eigenvalue weighted by molar-refractivity contribution is 6.33. The Labute approximate surface area is 116 Å². The van der Waals surface area contributed by atoms with E-state index in [-0.39, 0.29) is 28.8 Å². The zero-order chi connectivity index (χ0) is 13.8. The minimum Gasteiger partial charge on any atom is -0.393 e. The Morgan fingerprint density at radius 1 is 1.37 bits per heavy atom. The third-order valence-electron chi connectivity index (χ3n) is 3.24. The molecule has 6 nitrogen and oxygen atoms in total. The molecule has 1 heterocycles. The Hall–Kier alpha value is -1.37. The number of carbonyl (C=O) groups is 1. The summed E-state index contributed by atoms with van der Waals surface area (Å²) in [5.74, 6) is 5.32. The molecule has 104 valence electrons. The Morgan fingerprint density at radius 3 is 2.68 bits per heavy atom. The first kappa shape index (κ1) is 14.0. The lowest BCUT2D eigenvalue weighted by atomic mass is 9.93. The SMILES string of the molecule is NNc1ccc(Cl)c(C(=O)NC2CCC(O)CC2)n1. The second-order valence-corrected chi connectivity index (χ2v) is 5.06. The van der Waals surface area contributed by atoms with Gasteiger partial charge in [0, 0.05) is 6.04 Å². The van der Waals surface area contributed by atoms with Gasteiger partial charge in [0.15, 0.2) is 0 Å². The van der Waals surface area contributed by atoms with Crippen LogP contribution in [0.4, 0.5) is 5.82 Å². The molecule has 5 N–H and O–H groups in total. The van der Waals surface area contributed by atoms with Crippen molar-refractivity contribution in [3.8, 4) is 0 Å². The molecule has 0 atom stereocenters. The number of carbonyl (C=O) groups excluding carboxylic acids is 1. The average Bonchev–Trinajstić information content (AvgIpc) is 2.42. The molecular formula is C12H17ClN4O2. The van der Waals surface area contributed by atoms with Crippen molar-refractivity contribution >= 4 is 23.3 Å². The van der Waals surface area contributed by atoms with E-state index in [1.54, 1.807) is 12.1 Å². The normalized spacial score (nSPS) is 22.9. The van der Waals surface area contributed by atoms with Crippen LogP contribution in [0.1, 0.15) is 36.2 Å². The summed E-state index contributed by atoms with van der Waals surface area (Å²) in [6.45, 7) is 0. The number of nitrogen functional groups attached to an aromatic ring is 1. The molecular weight excluding hydrogens is 268 g/mol. The number of aromatic nitrogens is 1. The highest BCUT2D eigenvalue weighted by Crippen LogP contribution is 2.20. The maximum absolute atomic E-state index is 12.1. The lowest BCUT2D eigenvalue weighted by molar-refractivity contribution is 0.0863. The molecule has 0 unspecified atom stereocenters. The first-order valence-corrected chi connectivity index (χ1v) is 6.60. The van der Waals surface area contributed by atoms with Gasteiger partial charge in [0.25, 0.3) is 5.91 Å². The van der Waals surface area contributed by atoms with Crippen molar-refractivity contribution in [3.63, 3.8) is 0 Å². The molecule has 1 aromatic rings. The van der Waals surface area contributed by atoms with Crippen LogP contribution < -0.4 is 16.6 Å². The molecule has 0 aromatic carbocycles. The van der Waals surface area contributed by atoms with E-state index in [9.17, 15) is 9.90 Å². The van der Waals surface area contributed by atoms with E-state index in [1.165, 1.54) is 0 Å². The predicted molar refractivity (Wildman–Crippen MR) is 72.8 cm³/mol. The number of hydrogen-bond acceptors (Lipinski definition) is 5. The summed E-state index contributed by atoms with van der Waals surface area (Å²) in [7, 11) is 0. The minimum absolute atomic E-state index is 0.0586. The zero-order valence-corrected chi connectivity index (χ0v) is 11.2. The number of hydrogen-bond donors (Lipinski definition) is 4. The molecule has 1 amide bonds. The fourth-order valence-corrected chi connectivity index (χ4v) is 2.35. The van der Waals surface area contributed by atoms with Crippen LogP contribution in [0.5, 0.6) is 0 Å². The van der Waals surface area contributed by atoms with Crippen LogP contribution in [-0.2, 0) is 0 Å². The molecule has 0 spiro atoms. The van der Waals surface area contributed by atoms with Crippen molar-refractivity contribution in [2.24, 2.45) is 5.84 Å². The number of amides is 1. The van der Waals surface area contributed by atoms with Gasteiger partial charge in [0.05, 0.1) is 11.1 Å².